The highest BCUT2D eigenvalue weighted by molar-refractivity contribution is 9.11. The van der Waals surface area contributed by atoms with Crippen molar-refractivity contribution < 1.29 is 9.53 Å². The lowest BCUT2D eigenvalue weighted by molar-refractivity contribution is 0.112. The second-order valence-electron chi connectivity index (χ2n) is 4.60. The van der Waals surface area contributed by atoms with Crippen molar-refractivity contribution in [3.8, 4) is 5.75 Å². The Balaban J connectivity index is 2.12. The summed E-state index contributed by atoms with van der Waals surface area (Å²) in [4.78, 5) is 10.8. The van der Waals surface area contributed by atoms with Crippen LogP contribution in [0.2, 0.25) is 0 Å². The Morgan fingerprint density at radius 1 is 1.35 bits per heavy atom. The van der Waals surface area contributed by atoms with Gasteiger partial charge >= 0.3 is 0 Å². The van der Waals surface area contributed by atoms with Crippen LogP contribution in [0, 0.1) is 0 Å². The number of hydrogen-bond acceptors (Lipinski definition) is 3. The number of carbonyl (C=O) groups excluding carboxylic acids is 1. The summed E-state index contributed by atoms with van der Waals surface area (Å²) < 4.78 is 9.12. The predicted molar refractivity (Wildman–Crippen MR) is 84.2 cm³/mol. The number of aromatic nitrogens is 2. The summed E-state index contributed by atoms with van der Waals surface area (Å²) >= 11 is 6.80. The van der Waals surface area contributed by atoms with Crippen molar-refractivity contribution in [1.82, 2.24) is 9.78 Å². The van der Waals surface area contributed by atoms with Gasteiger partial charge in [0, 0.05) is 17.8 Å². The molecule has 0 saturated heterocycles. The zero-order chi connectivity index (χ0) is 14.7. The summed E-state index contributed by atoms with van der Waals surface area (Å²) in [5.41, 5.74) is 1.44. The molecule has 0 unspecified atom stereocenters. The maximum absolute atomic E-state index is 10.8. The van der Waals surface area contributed by atoms with Gasteiger partial charge in [0.2, 0.25) is 0 Å². The quantitative estimate of drug-likeness (QED) is 0.698. The topological polar surface area (TPSA) is 44.1 Å². The molecule has 4 nitrogen and oxygen atoms in total. The van der Waals surface area contributed by atoms with Gasteiger partial charge in [-0.1, -0.05) is 0 Å². The minimum atomic E-state index is 0.328. The zero-order valence-electron chi connectivity index (χ0n) is 11.1. The van der Waals surface area contributed by atoms with Crippen LogP contribution in [0.15, 0.2) is 33.3 Å². The van der Waals surface area contributed by atoms with Crippen LogP contribution in [0.4, 0.5) is 0 Å². The lowest BCUT2D eigenvalue weighted by Crippen LogP contribution is -2.03. The number of halogens is 2. The van der Waals surface area contributed by atoms with Crippen molar-refractivity contribution in [2.24, 2.45) is 0 Å². The molecule has 0 aliphatic heterocycles. The normalized spacial score (nSPS) is 10.8. The first kappa shape index (κ1) is 15.3. The number of carbonyl (C=O) groups is 1. The van der Waals surface area contributed by atoms with Gasteiger partial charge in [0.1, 0.15) is 18.6 Å². The molecular formula is C14H14Br2N2O2. The highest BCUT2D eigenvalue weighted by Crippen LogP contribution is 2.34. The fourth-order valence-corrected chi connectivity index (χ4v) is 3.12. The number of rotatable bonds is 5. The molecule has 0 aliphatic rings. The van der Waals surface area contributed by atoms with Gasteiger partial charge in [-0.3, -0.25) is 9.48 Å². The van der Waals surface area contributed by atoms with Gasteiger partial charge in [-0.25, -0.2) is 0 Å². The van der Waals surface area contributed by atoms with Gasteiger partial charge in [0.25, 0.3) is 0 Å². The molecule has 106 valence electrons. The molecule has 0 saturated carbocycles. The summed E-state index contributed by atoms with van der Waals surface area (Å²) in [7, 11) is 0. The smallest absolute Gasteiger partial charge is 0.150 e. The molecule has 2 aromatic rings. The average Bonchev–Trinajstić information content (AvgIpc) is 2.86. The summed E-state index contributed by atoms with van der Waals surface area (Å²) in [5.74, 6) is 0.662. The lowest BCUT2D eigenvalue weighted by Gasteiger charge is -2.10. The fourth-order valence-electron chi connectivity index (χ4n) is 1.67. The van der Waals surface area contributed by atoms with E-state index in [1.165, 1.54) is 0 Å². The first-order valence-corrected chi connectivity index (χ1v) is 7.71. The summed E-state index contributed by atoms with van der Waals surface area (Å²) in [6.45, 7) is 4.52. The van der Waals surface area contributed by atoms with Crippen molar-refractivity contribution >= 4 is 38.1 Å². The molecule has 0 radical (unpaired) electrons. The van der Waals surface area contributed by atoms with Crippen LogP contribution in [-0.2, 0) is 6.61 Å². The minimum Gasteiger partial charge on any atom is -0.485 e. The molecule has 0 N–H and O–H groups in total. The number of ether oxygens (including phenoxy) is 1. The standard InChI is InChI=1S/C14H14Br2N2O2/c1-9(2)18-4-3-11(17-18)8-20-14-12(15)5-10(7-19)6-13(14)16/h3-7,9H,8H2,1-2H3. The van der Waals surface area contributed by atoms with E-state index in [-0.39, 0.29) is 0 Å². The van der Waals surface area contributed by atoms with E-state index < -0.39 is 0 Å². The van der Waals surface area contributed by atoms with E-state index in [1.807, 2.05) is 16.9 Å². The van der Waals surface area contributed by atoms with Gasteiger partial charge < -0.3 is 4.74 Å². The zero-order valence-corrected chi connectivity index (χ0v) is 14.3. The van der Waals surface area contributed by atoms with Crippen LogP contribution in [0.1, 0.15) is 35.9 Å². The van der Waals surface area contributed by atoms with E-state index >= 15 is 0 Å². The van der Waals surface area contributed by atoms with Crippen molar-refractivity contribution in [2.75, 3.05) is 0 Å². The third kappa shape index (κ3) is 3.49. The second-order valence-corrected chi connectivity index (χ2v) is 6.31. The summed E-state index contributed by atoms with van der Waals surface area (Å²) in [6, 6.07) is 5.70. The molecule has 0 aliphatic carbocycles. The van der Waals surface area contributed by atoms with Crippen molar-refractivity contribution in [3.05, 3.63) is 44.6 Å². The largest absolute Gasteiger partial charge is 0.485 e. The molecular weight excluding hydrogens is 388 g/mol. The fraction of sp³-hybridized carbons (Fsp3) is 0.286. The Hall–Kier alpha value is -1.14. The van der Waals surface area contributed by atoms with Crippen molar-refractivity contribution in [2.45, 2.75) is 26.5 Å². The van der Waals surface area contributed by atoms with Gasteiger partial charge in [0.05, 0.1) is 14.6 Å². The van der Waals surface area contributed by atoms with E-state index in [1.54, 1.807) is 12.1 Å². The van der Waals surface area contributed by atoms with E-state index in [0.29, 0.717) is 24.0 Å². The molecule has 0 bridgehead atoms. The van der Waals surface area contributed by atoms with Crippen LogP contribution < -0.4 is 4.74 Å². The summed E-state index contributed by atoms with van der Waals surface area (Å²) in [5, 5.41) is 4.42. The van der Waals surface area contributed by atoms with Crippen molar-refractivity contribution in [3.63, 3.8) is 0 Å². The van der Waals surface area contributed by atoms with Gasteiger partial charge in [-0.2, -0.15) is 5.10 Å². The second kappa shape index (κ2) is 6.54. The first-order valence-electron chi connectivity index (χ1n) is 6.12. The van der Waals surface area contributed by atoms with Crippen LogP contribution in [0.3, 0.4) is 0 Å². The molecule has 6 heteroatoms. The van der Waals surface area contributed by atoms with E-state index in [0.717, 1.165) is 20.9 Å². The SMILES string of the molecule is CC(C)n1ccc(COc2c(Br)cc(C=O)cc2Br)n1. The third-order valence-electron chi connectivity index (χ3n) is 2.71. The Morgan fingerprint density at radius 2 is 2.00 bits per heavy atom. The highest BCUT2D eigenvalue weighted by atomic mass is 79.9. The monoisotopic (exact) mass is 400 g/mol. The molecule has 0 amide bonds. The molecule has 0 fully saturated rings. The summed E-state index contributed by atoms with van der Waals surface area (Å²) in [6.07, 6.45) is 2.73. The molecule has 0 spiro atoms. The average molecular weight is 402 g/mol. The first-order chi connectivity index (χ1) is 9.51. The molecule has 1 heterocycles. The predicted octanol–water partition coefficient (Wildman–Crippen LogP) is 4.38. The van der Waals surface area contributed by atoms with Crippen molar-refractivity contribution in [1.29, 1.82) is 0 Å². The minimum absolute atomic E-state index is 0.328. The lowest BCUT2D eigenvalue weighted by atomic mass is 10.2. The Bertz CT molecular complexity index is 600. The van der Waals surface area contributed by atoms with Gasteiger partial charge in [0.15, 0.2) is 0 Å². The molecule has 20 heavy (non-hydrogen) atoms. The molecule has 2 rings (SSSR count). The van der Waals surface area contributed by atoms with Crippen LogP contribution in [0.25, 0.3) is 0 Å². The number of hydrogen-bond donors (Lipinski definition) is 0. The maximum Gasteiger partial charge on any atom is 0.150 e. The number of nitrogens with zero attached hydrogens (tertiary/aromatic N) is 2. The van der Waals surface area contributed by atoms with E-state index in [2.05, 4.69) is 50.8 Å². The van der Waals surface area contributed by atoms with Crippen LogP contribution >= 0.6 is 31.9 Å². The Morgan fingerprint density at radius 3 is 2.50 bits per heavy atom. The van der Waals surface area contributed by atoms with Crippen LogP contribution in [-0.4, -0.2) is 16.1 Å². The van der Waals surface area contributed by atoms with Gasteiger partial charge in [-0.15, -0.1) is 0 Å². The van der Waals surface area contributed by atoms with E-state index in [4.69, 9.17) is 4.74 Å². The Kier molecular flexibility index (Phi) is 4.99. The molecule has 0 atom stereocenters. The Labute approximate surface area is 134 Å². The van der Waals surface area contributed by atoms with E-state index in [9.17, 15) is 4.79 Å². The maximum atomic E-state index is 10.8. The number of benzene rings is 1. The molecule has 1 aromatic carbocycles. The third-order valence-corrected chi connectivity index (χ3v) is 3.89. The molecule has 1 aromatic heterocycles. The highest BCUT2D eigenvalue weighted by Gasteiger charge is 2.10. The van der Waals surface area contributed by atoms with Crippen LogP contribution in [0.5, 0.6) is 5.75 Å². The number of aldehydes is 1. The van der Waals surface area contributed by atoms with Gasteiger partial charge in [-0.05, 0) is 63.9 Å².